The molecular formula is C19H26N6O3. The molecule has 150 valence electrons. The molecule has 28 heavy (non-hydrogen) atoms. The summed E-state index contributed by atoms with van der Waals surface area (Å²) in [6, 6.07) is 2.10. The summed E-state index contributed by atoms with van der Waals surface area (Å²) in [7, 11) is 1.56. The normalized spacial score (nSPS) is 19.0. The zero-order valence-corrected chi connectivity index (χ0v) is 16.1. The molecule has 2 aliphatic heterocycles. The van der Waals surface area contributed by atoms with E-state index >= 15 is 0 Å². The lowest BCUT2D eigenvalue weighted by atomic mass is 9.93. The Morgan fingerprint density at radius 3 is 2.50 bits per heavy atom. The van der Waals surface area contributed by atoms with Gasteiger partial charge in [-0.2, -0.15) is 4.98 Å². The molecule has 0 radical (unpaired) electrons. The Labute approximate surface area is 164 Å². The third-order valence-electron chi connectivity index (χ3n) is 5.29. The number of piperidine rings is 1. The van der Waals surface area contributed by atoms with Gasteiger partial charge in [0, 0.05) is 49.6 Å². The van der Waals surface area contributed by atoms with Crippen molar-refractivity contribution in [2.45, 2.75) is 25.3 Å². The molecule has 0 amide bonds. The second-order valence-corrected chi connectivity index (χ2v) is 7.18. The van der Waals surface area contributed by atoms with Crippen LogP contribution in [0.5, 0.6) is 11.9 Å². The smallest absolute Gasteiger partial charge is 0.316 e. The fraction of sp³-hybridized carbons (Fsp3) is 0.579. The predicted molar refractivity (Wildman–Crippen MR) is 103 cm³/mol. The third kappa shape index (κ3) is 4.48. The van der Waals surface area contributed by atoms with Crippen LogP contribution in [-0.4, -0.2) is 76.4 Å². The number of ether oxygens (including phenoxy) is 2. The highest BCUT2D eigenvalue weighted by molar-refractivity contribution is 5.35. The Morgan fingerprint density at radius 2 is 1.82 bits per heavy atom. The van der Waals surface area contributed by atoms with E-state index in [1.807, 2.05) is 12.4 Å². The SMILES string of the molecule is COc1ncc(CN2CCC(c3cc(O)nc(N4CCOCC4)n3)CC2)cn1. The summed E-state index contributed by atoms with van der Waals surface area (Å²) in [4.78, 5) is 21.8. The molecule has 2 aromatic heterocycles. The highest BCUT2D eigenvalue weighted by Crippen LogP contribution is 2.30. The van der Waals surface area contributed by atoms with Crippen molar-refractivity contribution in [3.05, 3.63) is 29.7 Å². The van der Waals surface area contributed by atoms with Crippen LogP contribution in [0.25, 0.3) is 0 Å². The molecule has 9 heteroatoms. The Bertz CT molecular complexity index is 774. The van der Waals surface area contributed by atoms with E-state index in [4.69, 9.17) is 14.5 Å². The molecule has 2 aliphatic rings. The van der Waals surface area contributed by atoms with Crippen LogP contribution < -0.4 is 9.64 Å². The monoisotopic (exact) mass is 386 g/mol. The minimum Gasteiger partial charge on any atom is -0.493 e. The maximum absolute atomic E-state index is 10.1. The van der Waals surface area contributed by atoms with E-state index in [0.29, 0.717) is 31.1 Å². The molecular weight excluding hydrogens is 360 g/mol. The van der Waals surface area contributed by atoms with Crippen LogP contribution in [0.2, 0.25) is 0 Å². The fourth-order valence-electron chi connectivity index (χ4n) is 3.73. The molecule has 0 saturated carbocycles. The summed E-state index contributed by atoms with van der Waals surface area (Å²) in [5, 5.41) is 10.1. The van der Waals surface area contributed by atoms with E-state index in [9.17, 15) is 5.11 Å². The number of likely N-dealkylation sites (tertiary alicyclic amines) is 1. The van der Waals surface area contributed by atoms with Gasteiger partial charge in [0.1, 0.15) is 0 Å². The number of nitrogens with zero attached hydrogens (tertiary/aromatic N) is 6. The average molecular weight is 386 g/mol. The van der Waals surface area contributed by atoms with Gasteiger partial charge in [0.05, 0.1) is 26.0 Å². The minimum absolute atomic E-state index is 0.0457. The average Bonchev–Trinajstić information content (AvgIpc) is 2.75. The molecule has 2 aromatic rings. The first kappa shape index (κ1) is 18.8. The molecule has 0 spiro atoms. The van der Waals surface area contributed by atoms with E-state index < -0.39 is 0 Å². The number of methoxy groups -OCH3 is 1. The summed E-state index contributed by atoms with van der Waals surface area (Å²) < 4.78 is 10.4. The highest BCUT2D eigenvalue weighted by Gasteiger charge is 2.24. The second-order valence-electron chi connectivity index (χ2n) is 7.18. The molecule has 0 aliphatic carbocycles. The molecule has 2 fully saturated rings. The van der Waals surface area contributed by atoms with Gasteiger partial charge in [-0.3, -0.25) is 4.90 Å². The summed E-state index contributed by atoms with van der Waals surface area (Å²) >= 11 is 0. The number of hydrogen-bond donors (Lipinski definition) is 1. The van der Waals surface area contributed by atoms with Crippen LogP contribution in [0, 0.1) is 0 Å². The van der Waals surface area contributed by atoms with Crippen LogP contribution in [0.1, 0.15) is 30.0 Å². The molecule has 0 aromatic carbocycles. The van der Waals surface area contributed by atoms with Gasteiger partial charge in [0.2, 0.25) is 11.8 Å². The number of hydrogen-bond acceptors (Lipinski definition) is 9. The summed E-state index contributed by atoms with van der Waals surface area (Å²) in [5.41, 5.74) is 2.01. The van der Waals surface area contributed by atoms with Crippen LogP contribution in [0.15, 0.2) is 18.5 Å². The number of aromatic hydroxyl groups is 1. The van der Waals surface area contributed by atoms with E-state index in [1.54, 1.807) is 13.2 Å². The van der Waals surface area contributed by atoms with Crippen LogP contribution >= 0.6 is 0 Å². The van der Waals surface area contributed by atoms with Crippen molar-refractivity contribution in [1.82, 2.24) is 24.8 Å². The number of anilines is 1. The van der Waals surface area contributed by atoms with Gasteiger partial charge in [-0.05, 0) is 25.9 Å². The Kier molecular flexibility index (Phi) is 5.82. The molecule has 4 heterocycles. The third-order valence-corrected chi connectivity index (χ3v) is 5.29. The molecule has 0 atom stereocenters. The maximum atomic E-state index is 10.1. The van der Waals surface area contributed by atoms with Crippen molar-refractivity contribution in [3.8, 4) is 11.9 Å². The van der Waals surface area contributed by atoms with Crippen molar-refractivity contribution in [3.63, 3.8) is 0 Å². The summed E-state index contributed by atoms with van der Waals surface area (Å²) in [6.45, 7) is 5.60. The van der Waals surface area contributed by atoms with E-state index in [2.05, 4.69) is 24.8 Å². The van der Waals surface area contributed by atoms with Crippen LogP contribution in [-0.2, 0) is 11.3 Å². The molecule has 1 N–H and O–H groups in total. The van der Waals surface area contributed by atoms with Crippen molar-refractivity contribution < 1.29 is 14.6 Å². The molecule has 0 bridgehead atoms. The first-order valence-corrected chi connectivity index (χ1v) is 9.69. The van der Waals surface area contributed by atoms with Gasteiger partial charge in [-0.1, -0.05) is 0 Å². The summed E-state index contributed by atoms with van der Waals surface area (Å²) in [5.74, 6) is 0.984. The molecule has 9 nitrogen and oxygen atoms in total. The fourth-order valence-corrected chi connectivity index (χ4v) is 3.73. The topological polar surface area (TPSA) is 96.7 Å². The molecule has 0 unspecified atom stereocenters. The number of rotatable bonds is 5. The van der Waals surface area contributed by atoms with Crippen LogP contribution in [0.4, 0.5) is 5.95 Å². The zero-order valence-electron chi connectivity index (χ0n) is 16.1. The van der Waals surface area contributed by atoms with Crippen molar-refractivity contribution in [1.29, 1.82) is 0 Å². The standard InChI is InChI=1S/C19H26N6O3/c1-27-19-20-11-14(12-21-19)13-24-4-2-15(3-5-24)16-10-17(26)23-18(22-16)25-6-8-28-9-7-25/h10-12,15H,2-9,13H2,1H3,(H,22,23,26). The Morgan fingerprint density at radius 1 is 1.11 bits per heavy atom. The van der Waals surface area contributed by atoms with Crippen molar-refractivity contribution >= 4 is 5.95 Å². The first-order chi connectivity index (χ1) is 13.7. The van der Waals surface area contributed by atoms with Gasteiger partial charge < -0.3 is 19.5 Å². The Hall–Kier alpha value is -2.52. The van der Waals surface area contributed by atoms with Gasteiger partial charge in [-0.15, -0.1) is 0 Å². The predicted octanol–water partition coefficient (Wildman–Crippen LogP) is 1.20. The maximum Gasteiger partial charge on any atom is 0.316 e. The Balaban J connectivity index is 1.37. The van der Waals surface area contributed by atoms with Gasteiger partial charge >= 0.3 is 6.01 Å². The molecule has 2 saturated heterocycles. The largest absolute Gasteiger partial charge is 0.493 e. The zero-order chi connectivity index (χ0) is 19.3. The van der Waals surface area contributed by atoms with E-state index in [-0.39, 0.29) is 5.88 Å². The van der Waals surface area contributed by atoms with Crippen LogP contribution in [0.3, 0.4) is 0 Å². The van der Waals surface area contributed by atoms with E-state index in [1.165, 1.54) is 0 Å². The summed E-state index contributed by atoms with van der Waals surface area (Å²) in [6.07, 6.45) is 5.62. The van der Waals surface area contributed by atoms with Gasteiger partial charge in [0.15, 0.2) is 0 Å². The van der Waals surface area contributed by atoms with Gasteiger partial charge in [-0.25, -0.2) is 15.0 Å². The lowest BCUT2D eigenvalue weighted by Gasteiger charge is -2.32. The van der Waals surface area contributed by atoms with E-state index in [0.717, 1.165) is 56.8 Å². The number of aromatic nitrogens is 4. The quantitative estimate of drug-likeness (QED) is 0.813. The lowest BCUT2D eigenvalue weighted by molar-refractivity contribution is 0.122. The van der Waals surface area contributed by atoms with Gasteiger partial charge in [0.25, 0.3) is 0 Å². The molecule has 4 rings (SSSR count). The number of morpholine rings is 1. The minimum atomic E-state index is 0.0457. The first-order valence-electron chi connectivity index (χ1n) is 9.69. The highest BCUT2D eigenvalue weighted by atomic mass is 16.5. The second kappa shape index (κ2) is 8.66. The van der Waals surface area contributed by atoms with Crippen molar-refractivity contribution in [2.75, 3.05) is 51.4 Å². The van der Waals surface area contributed by atoms with Crippen molar-refractivity contribution in [2.24, 2.45) is 0 Å². The lowest BCUT2D eigenvalue weighted by Crippen LogP contribution is -2.37.